The van der Waals surface area contributed by atoms with Gasteiger partial charge in [0.05, 0.1) is 28.0 Å². The van der Waals surface area contributed by atoms with E-state index in [0.29, 0.717) is 39.7 Å². The summed E-state index contributed by atoms with van der Waals surface area (Å²) in [4.78, 5) is 15.6. The highest BCUT2D eigenvalue weighted by Crippen LogP contribution is 2.29. The van der Waals surface area contributed by atoms with Crippen LogP contribution in [0, 0.1) is 0 Å². The number of nitrogens with one attached hydrogen (secondary N) is 1. The minimum atomic E-state index is -3.73. The van der Waals surface area contributed by atoms with Crippen molar-refractivity contribution >= 4 is 61.7 Å². The van der Waals surface area contributed by atoms with Crippen molar-refractivity contribution in [2.75, 3.05) is 18.4 Å². The molecule has 1 aliphatic rings. The van der Waals surface area contributed by atoms with E-state index < -0.39 is 10.0 Å². The van der Waals surface area contributed by atoms with Crippen LogP contribution in [0.5, 0.6) is 0 Å². The maximum absolute atomic E-state index is 13.0. The second-order valence-corrected chi connectivity index (χ2v) is 9.60. The van der Waals surface area contributed by atoms with Gasteiger partial charge in [0, 0.05) is 18.4 Å². The molecular formula is C18H17Cl2N3O3S2. The Morgan fingerprint density at radius 2 is 1.89 bits per heavy atom. The van der Waals surface area contributed by atoms with E-state index >= 15 is 0 Å². The highest BCUT2D eigenvalue weighted by Gasteiger charge is 2.30. The second-order valence-electron chi connectivity index (χ2n) is 5.98. The molecule has 0 aliphatic carbocycles. The van der Waals surface area contributed by atoms with E-state index in [1.807, 2.05) is 6.07 Å². The molecule has 0 spiro atoms. The predicted octanol–water partition coefficient (Wildman–Crippen LogP) is 4.25. The number of amidine groups is 1. The van der Waals surface area contributed by atoms with Crippen LogP contribution in [-0.2, 0) is 20.6 Å². The zero-order chi connectivity index (χ0) is 20.3. The van der Waals surface area contributed by atoms with Crippen molar-refractivity contribution in [2.24, 2.45) is 4.99 Å². The quantitative estimate of drug-likeness (QED) is 0.727. The Labute approximate surface area is 178 Å². The van der Waals surface area contributed by atoms with Gasteiger partial charge in [-0.3, -0.25) is 9.79 Å². The molecule has 2 aromatic rings. The number of carbonyl (C=O) groups is 1. The van der Waals surface area contributed by atoms with E-state index in [1.165, 1.54) is 35.1 Å². The van der Waals surface area contributed by atoms with Crippen molar-refractivity contribution in [2.45, 2.75) is 17.6 Å². The van der Waals surface area contributed by atoms with Crippen molar-refractivity contribution in [1.29, 1.82) is 0 Å². The molecule has 2 aromatic carbocycles. The summed E-state index contributed by atoms with van der Waals surface area (Å²) in [5.41, 5.74) is 1.46. The minimum absolute atomic E-state index is 0.145. The summed E-state index contributed by atoms with van der Waals surface area (Å²) in [6.07, 6.45) is 0. The van der Waals surface area contributed by atoms with Gasteiger partial charge in [0.15, 0.2) is 5.17 Å². The zero-order valence-corrected chi connectivity index (χ0v) is 18.0. The number of thioether (sulfide) groups is 1. The first-order valence-corrected chi connectivity index (χ1v) is 11.5. The highest BCUT2D eigenvalue weighted by atomic mass is 35.5. The Bertz CT molecular complexity index is 1020. The van der Waals surface area contributed by atoms with Crippen molar-refractivity contribution in [3.05, 3.63) is 58.1 Å². The maximum Gasteiger partial charge on any atom is 0.265 e. The third-order valence-corrected chi connectivity index (χ3v) is 7.62. The molecule has 3 rings (SSSR count). The molecule has 6 nitrogen and oxygen atoms in total. The van der Waals surface area contributed by atoms with E-state index in [-0.39, 0.29) is 10.8 Å². The van der Waals surface area contributed by atoms with E-state index in [9.17, 15) is 13.2 Å². The van der Waals surface area contributed by atoms with Gasteiger partial charge in [0.1, 0.15) is 0 Å². The monoisotopic (exact) mass is 457 g/mol. The fourth-order valence-electron chi connectivity index (χ4n) is 2.57. The molecule has 0 saturated carbocycles. The molecule has 0 bridgehead atoms. The number of anilines is 1. The zero-order valence-electron chi connectivity index (χ0n) is 14.9. The molecule has 0 radical (unpaired) electrons. The molecule has 10 heteroatoms. The molecule has 1 aliphatic heterocycles. The van der Waals surface area contributed by atoms with E-state index in [4.69, 9.17) is 23.2 Å². The molecule has 1 amide bonds. The summed E-state index contributed by atoms with van der Waals surface area (Å²) in [6, 6.07) is 11.4. The second kappa shape index (κ2) is 8.73. The van der Waals surface area contributed by atoms with Crippen LogP contribution in [-0.4, -0.2) is 36.9 Å². The van der Waals surface area contributed by atoms with Crippen molar-refractivity contribution < 1.29 is 13.2 Å². The lowest BCUT2D eigenvalue weighted by Gasteiger charge is -2.20. The summed E-state index contributed by atoms with van der Waals surface area (Å²) in [5, 5.41) is 3.98. The first-order chi connectivity index (χ1) is 13.3. The molecule has 0 unspecified atom stereocenters. The fraction of sp³-hybridized carbons (Fsp3) is 0.222. The van der Waals surface area contributed by atoms with Gasteiger partial charge in [-0.05, 0) is 42.0 Å². The summed E-state index contributed by atoms with van der Waals surface area (Å²) in [5.74, 6) is 0.298. The predicted molar refractivity (Wildman–Crippen MR) is 115 cm³/mol. The molecule has 148 valence electrons. The lowest BCUT2D eigenvalue weighted by atomic mass is 10.2. The first-order valence-electron chi connectivity index (χ1n) is 8.29. The average Bonchev–Trinajstić information content (AvgIpc) is 3.12. The maximum atomic E-state index is 13.0. The van der Waals surface area contributed by atoms with Crippen molar-refractivity contribution in [3.8, 4) is 0 Å². The van der Waals surface area contributed by atoms with E-state index in [1.54, 1.807) is 24.3 Å². The number of nitrogens with zero attached hydrogens (tertiary/aromatic N) is 2. The van der Waals surface area contributed by atoms with Crippen molar-refractivity contribution in [3.63, 3.8) is 0 Å². The number of rotatable bonds is 5. The van der Waals surface area contributed by atoms with Crippen LogP contribution in [0.25, 0.3) is 0 Å². The summed E-state index contributed by atoms with van der Waals surface area (Å²) in [6.45, 7) is 2.09. The highest BCUT2D eigenvalue weighted by molar-refractivity contribution is 8.14. The summed E-state index contributed by atoms with van der Waals surface area (Å²) >= 11 is 13.3. The van der Waals surface area contributed by atoms with Crippen molar-refractivity contribution in [1.82, 2.24) is 4.31 Å². The Morgan fingerprint density at radius 3 is 2.54 bits per heavy atom. The van der Waals surface area contributed by atoms with Gasteiger partial charge < -0.3 is 5.32 Å². The molecule has 0 aromatic heterocycles. The molecule has 0 atom stereocenters. The number of aliphatic imine (C=N–C) groups is 1. The number of hydrogen-bond donors (Lipinski definition) is 1. The number of sulfonamides is 1. The topological polar surface area (TPSA) is 78.8 Å². The van der Waals surface area contributed by atoms with Gasteiger partial charge in [0.2, 0.25) is 5.91 Å². The van der Waals surface area contributed by atoms with Crippen LogP contribution in [0.4, 0.5) is 5.69 Å². The Hall–Kier alpha value is -1.74. The van der Waals surface area contributed by atoms with Crippen LogP contribution in [0.1, 0.15) is 12.5 Å². The number of amides is 1. The third kappa shape index (κ3) is 4.81. The standard InChI is InChI=1S/C18H17Cl2N3O3S2/c1-12(24)22-14-3-5-15(6-4-14)28(25,26)23-9-8-21-18(23)27-11-13-2-7-16(19)17(20)10-13/h2-7,10H,8-9,11H2,1H3,(H,22,24). The lowest BCUT2D eigenvalue weighted by Crippen LogP contribution is -2.32. The number of benzene rings is 2. The SMILES string of the molecule is CC(=O)Nc1ccc(S(=O)(=O)N2CCN=C2SCc2ccc(Cl)c(Cl)c2)cc1. The van der Waals surface area contributed by atoms with Gasteiger partial charge in [-0.2, -0.15) is 0 Å². The summed E-state index contributed by atoms with van der Waals surface area (Å²) in [7, 11) is -3.73. The van der Waals surface area contributed by atoms with Gasteiger partial charge in [0.25, 0.3) is 10.0 Å². The van der Waals surface area contributed by atoms with Crippen LogP contribution < -0.4 is 5.32 Å². The molecule has 0 fully saturated rings. The number of carbonyl (C=O) groups excluding carboxylic acids is 1. The van der Waals surface area contributed by atoms with Gasteiger partial charge in [-0.1, -0.05) is 41.0 Å². The molecular weight excluding hydrogens is 441 g/mol. The lowest BCUT2D eigenvalue weighted by molar-refractivity contribution is -0.114. The number of halogens is 2. The molecule has 1 heterocycles. The smallest absolute Gasteiger partial charge is 0.265 e. The van der Waals surface area contributed by atoms with Crippen LogP contribution in [0.2, 0.25) is 10.0 Å². The van der Waals surface area contributed by atoms with Gasteiger partial charge in [-0.15, -0.1) is 0 Å². The molecule has 0 saturated heterocycles. The fourth-order valence-corrected chi connectivity index (χ4v) is 5.56. The Kier molecular flexibility index (Phi) is 6.54. The Morgan fingerprint density at radius 1 is 1.18 bits per heavy atom. The van der Waals surface area contributed by atoms with Crippen LogP contribution in [0.3, 0.4) is 0 Å². The Balaban J connectivity index is 1.73. The average molecular weight is 458 g/mol. The molecule has 28 heavy (non-hydrogen) atoms. The van der Waals surface area contributed by atoms with Crippen LogP contribution in [0.15, 0.2) is 52.4 Å². The van der Waals surface area contributed by atoms with Crippen LogP contribution >= 0.6 is 35.0 Å². The van der Waals surface area contributed by atoms with Gasteiger partial charge in [-0.25, -0.2) is 12.7 Å². The largest absolute Gasteiger partial charge is 0.326 e. The van der Waals surface area contributed by atoms with E-state index in [0.717, 1.165) is 5.56 Å². The normalized spacial score (nSPS) is 14.1. The summed E-state index contributed by atoms with van der Waals surface area (Å²) < 4.78 is 27.3. The molecule has 1 N–H and O–H groups in total. The van der Waals surface area contributed by atoms with E-state index in [2.05, 4.69) is 10.3 Å². The minimum Gasteiger partial charge on any atom is -0.326 e. The number of hydrogen-bond acceptors (Lipinski definition) is 5. The third-order valence-electron chi connectivity index (χ3n) is 3.88. The van der Waals surface area contributed by atoms with Gasteiger partial charge >= 0.3 is 0 Å². The first kappa shape index (κ1) is 21.0.